The summed E-state index contributed by atoms with van der Waals surface area (Å²) in [6.07, 6.45) is 3.30. The molecule has 3 rings (SSSR count). The lowest BCUT2D eigenvalue weighted by atomic mass is 9.73. The van der Waals surface area contributed by atoms with Crippen LogP contribution >= 0.6 is 0 Å². The van der Waals surface area contributed by atoms with Crippen molar-refractivity contribution in [2.75, 3.05) is 13.2 Å². The minimum Gasteiger partial charge on any atom is -0.454 e. The molecule has 168 valence electrons. The first-order valence-electron chi connectivity index (χ1n) is 10.9. The third-order valence-electron chi connectivity index (χ3n) is 6.28. The minimum absolute atomic E-state index is 0.0119. The van der Waals surface area contributed by atoms with Crippen molar-refractivity contribution in [3.8, 4) is 0 Å². The average molecular weight is 430 g/mol. The molecule has 1 spiro atoms. The van der Waals surface area contributed by atoms with Crippen LogP contribution in [0.3, 0.4) is 0 Å². The van der Waals surface area contributed by atoms with Gasteiger partial charge in [-0.3, -0.25) is 19.3 Å². The second-order valence-corrected chi connectivity index (χ2v) is 8.70. The normalized spacial score (nSPS) is 23.2. The standard InChI is InChI=1S/C23H31N3O5/c1-16(2)25(13-18-10-5-4-6-11-18)19(27)15-31-20(28)14-26-21(29)23(24-22(26)30)12-8-7-9-17(23)3/h4-6,10-11,16-17H,7-9,12-15H2,1-3H3,(H,24,30)/t17-,23+/m0/s1. The lowest BCUT2D eigenvalue weighted by molar-refractivity contribution is -0.155. The van der Waals surface area contributed by atoms with Crippen LogP contribution in [0.15, 0.2) is 30.3 Å². The van der Waals surface area contributed by atoms with Gasteiger partial charge in [-0.15, -0.1) is 0 Å². The zero-order valence-corrected chi connectivity index (χ0v) is 18.4. The smallest absolute Gasteiger partial charge is 0.326 e. The number of nitrogens with one attached hydrogen (secondary N) is 1. The van der Waals surface area contributed by atoms with Gasteiger partial charge >= 0.3 is 12.0 Å². The summed E-state index contributed by atoms with van der Waals surface area (Å²) in [5.74, 6) is -1.47. The molecule has 1 aliphatic heterocycles. The first-order chi connectivity index (χ1) is 14.7. The summed E-state index contributed by atoms with van der Waals surface area (Å²) in [6.45, 7) is 5.20. The molecule has 1 aromatic rings. The van der Waals surface area contributed by atoms with E-state index in [0.29, 0.717) is 13.0 Å². The van der Waals surface area contributed by atoms with Gasteiger partial charge in [0.2, 0.25) is 0 Å². The first kappa shape index (κ1) is 22.8. The van der Waals surface area contributed by atoms with Gasteiger partial charge in [0, 0.05) is 12.6 Å². The van der Waals surface area contributed by atoms with Gasteiger partial charge in [-0.25, -0.2) is 4.79 Å². The summed E-state index contributed by atoms with van der Waals surface area (Å²) in [4.78, 5) is 52.8. The van der Waals surface area contributed by atoms with Crippen molar-refractivity contribution in [3.05, 3.63) is 35.9 Å². The van der Waals surface area contributed by atoms with E-state index in [2.05, 4.69) is 5.32 Å². The van der Waals surface area contributed by atoms with Gasteiger partial charge in [0.15, 0.2) is 6.61 Å². The van der Waals surface area contributed by atoms with E-state index in [1.165, 1.54) is 0 Å². The van der Waals surface area contributed by atoms with Crippen LogP contribution in [-0.2, 0) is 25.7 Å². The van der Waals surface area contributed by atoms with Crippen molar-refractivity contribution in [2.24, 2.45) is 5.92 Å². The van der Waals surface area contributed by atoms with E-state index in [9.17, 15) is 19.2 Å². The third-order valence-corrected chi connectivity index (χ3v) is 6.28. The number of carbonyl (C=O) groups is 4. The monoisotopic (exact) mass is 429 g/mol. The Bertz CT molecular complexity index is 841. The van der Waals surface area contributed by atoms with Crippen molar-refractivity contribution >= 4 is 23.8 Å². The Balaban J connectivity index is 1.56. The van der Waals surface area contributed by atoms with Gasteiger partial charge in [-0.1, -0.05) is 50.1 Å². The Kier molecular flexibility index (Phi) is 6.97. The van der Waals surface area contributed by atoms with Crippen LogP contribution in [0.2, 0.25) is 0 Å². The molecule has 4 amide bonds. The molecule has 0 unspecified atom stereocenters. The van der Waals surface area contributed by atoms with E-state index < -0.39 is 30.7 Å². The Morgan fingerprint density at radius 2 is 1.94 bits per heavy atom. The van der Waals surface area contributed by atoms with Crippen LogP contribution in [0.25, 0.3) is 0 Å². The number of amides is 4. The number of hydrogen-bond acceptors (Lipinski definition) is 5. The zero-order chi connectivity index (χ0) is 22.6. The Hall–Kier alpha value is -2.90. The van der Waals surface area contributed by atoms with Gasteiger partial charge in [0.1, 0.15) is 12.1 Å². The van der Waals surface area contributed by atoms with Gasteiger partial charge in [-0.05, 0) is 38.2 Å². The molecule has 2 atom stereocenters. The molecule has 2 aliphatic rings. The van der Waals surface area contributed by atoms with Gasteiger partial charge < -0.3 is 15.0 Å². The number of imide groups is 1. The Morgan fingerprint density at radius 1 is 1.23 bits per heavy atom. The maximum absolute atomic E-state index is 12.9. The maximum atomic E-state index is 12.9. The van der Waals surface area contributed by atoms with Crippen molar-refractivity contribution in [3.63, 3.8) is 0 Å². The number of benzene rings is 1. The molecule has 0 aromatic heterocycles. The summed E-state index contributed by atoms with van der Waals surface area (Å²) in [5.41, 5.74) is 0.0531. The van der Waals surface area contributed by atoms with Crippen molar-refractivity contribution in [1.82, 2.24) is 15.1 Å². The predicted molar refractivity (Wildman–Crippen MR) is 114 cm³/mol. The molecule has 8 heteroatoms. The molecule has 0 radical (unpaired) electrons. The van der Waals surface area contributed by atoms with Gasteiger partial charge in [0.05, 0.1) is 0 Å². The molecule has 1 N–H and O–H groups in total. The van der Waals surface area contributed by atoms with E-state index >= 15 is 0 Å². The molecule has 1 saturated carbocycles. The summed E-state index contributed by atoms with van der Waals surface area (Å²) < 4.78 is 5.13. The van der Waals surface area contributed by atoms with Crippen LogP contribution < -0.4 is 5.32 Å². The highest BCUT2D eigenvalue weighted by Gasteiger charge is 2.55. The summed E-state index contributed by atoms with van der Waals surface area (Å²) in [5, 5.41) is 2.80. The maximum Gasteiger partial charge on any atom is 0.326 e. The number of esters is 1. The number of rotatable bonds is 7. The summed E-state index contributed by atoms with van der Waals surface area (Å²) >= 11 is 0. The Labute approximate surface area is 182 Å². The second kappa shape index (κ2) is 9.49. The highest BCUT2D eigenvalue weighted by molar-refractivity contribution is 6.09. The molecule has 2 fully saturated rings. The van der Waals surface area contributed by atoms with Crippen LogP contribution in [-0.4, -0.2) is 58.3 Å². The third kappa shape index (κ3) is 4.89. The zero-order valence-electron chi connectivity index (χ0n) is 18.4. The van der Waals surface area contributed by atoms with Crippen molar-refractivity contribution in [1.29, 1.82) is 0 Å². The van der Waals surface area contributed by atoms with E-state index in [0.717, 1.165) is 29.7 Å². The fourth-order valence-corrected chi connectivity index (χ4v) is 4.38. The fraction of sp³-hybridized carbons (Fsp3) is 0.565. The van der Waals surface area contributed by atoms with E-state index in [1.54, 1.807) is 4.90 Å². The minimum atomic E-state index is -0.921. The molecule has 31 heavy (non-hydrogen) atoms. The van der Waals surface area contributed by atoms with Gasteiger partial charge in [0.25, 0.3) is 11.8 Å². The highest BCUT2D eigenvalue weighted by Crippen LogP contribution is 2.38. The van der Waals surface area contributed by atoms with Crippen molar-refractivity contribution in [2.45, 2.75) is 64.6 Å². The summed E-state index contributed by atoms with van der Waals surface area (Å²) in [7, 11) is 0. The topological polar surface area (TPSA) is 96.0 Å². The molecule has 1 heterocycles. The SMILES string of the molecule is CC(C)N(Cc1ccccc1)C(=O)COC(=O)CN1C(=O)N[C@@]2(CCCC[C@@H]2C)C1=O. The second-order valence-electron chi connectivity index (χ2n) is 8.70. The lowest BCUT2D eigenvalue weighted by Gasteiger charge is -2.36. The van der Waals surface area contributed by atoms with E-state index in [1.807, 2.05) is 51.1 Å². The lowest BCUT2D eigenvalue weighted by Crippen LogP contribution is -2.54. The molecule has 1 aliphatic carbocycles. The van der Waals surface area contributed by atoms with Crippen LogP contribution in [0.5, 0.6) is 0 Å². The van der Waals surface area contributed by atoms with Crippen LogP contribution in [0.4, 0.5) is 4.79 Å². The predicted octanol–water partition coefficient (Wildman–Crippen LogP) is 2.47. The van der Waals surface area contributed by atoms with Crippen LogP contribution in [0, 0.1) is 5.92 Å². The fourth-order valence-electron chi connectivity index (χ4n) is 4.38. The number of nitrogens with zero attached hydrogens (tertiary/aromatic N) is 2. The molecule has 8 nitrogen and oxygen atoms in total. The molecular weight excluding hydrogens is 398 g/mol. The van der Waals surface area contributed by atoms with E-state index in [-0.39, 0.29) is 23.8 Å². The largest absolute Gasteiger partial charge is 0.454 e. The summed E-state index contributed by atoms with van der Waals surface area (Å²) in [6, 6.07) is 8.90. The highest BCUT2D eigenvalue weighted by atomic mass is 16.5. The number of ether oxygens (including phenoxy) is 1. The molecule has 1 aromatic carbocycles. The molecule has 1 saturated heterocycles. The van der Waals surface area contributed by atoms with Crippen molar-refractivity contribution < 1.29 is 23.9 Å². The number of carbonyl (C=O) groups excluding carboxylic acids is 4. The van der Waals surface area contributed by atoms with Crippen LogP contribution in [0.1, 0.15) is 52.0 Å². The van der Waals surface area contributed by atoms with Gasteiger partial charge in [-0.2, -0.15) is 0 Å². The molecular formula is C23H31N3O5. The average Bonchev–Trinajstić information content (AvgIpc) is 2.98. The van der Waals surface area contributed by atoms with E-state index in [4.69, 9.17) is 4.74 Å². The quantitative estimate of drug-likeness (QED) is 0.531. The Morgan fingerprint density at radius 3 is 2.58 bits per heavy atom. The first-order valence-corrected chi connectivity index (χ1v) is 10.9. The number of hydrogen-bond donors (Lipinski definition) is 1. The molecule has 0 bridgehead atoms. The number of urea groups is 1.